The van der Waals surface area contributed by atoms with E-state index in [1.165, 1.54) is 6.07 Å². The molecule has 1 rings (SSSR count). The molecule has 0 amide bonds. The van der Waals surface area contributed by atoms with Gasteiger partial charge in [0.2, 0.25) is 5.82 Å². The molecule has 1 aromatic rings. The number of rotatable bonds is 4. The minimum atomic E-state index is -4.53. The number of hydrogen-bond acceptors (Lipinski definition) is 4. The Balaban J connectivity index is 3.08. The SMILES string of the molecule is CCNc1cc(NCC)nc(C(F)(F)F)n1. The van der Waals surface area contributed by atoms with Crippen LogP contribution in [0.5, 0.6) is 0 Å². The average Bonchev–Trinajstić information content (AvgIpc) is 2.17. The molecule has 0 aliphatic rings. The molecule has 0 aliphatic carbocycles. The molecule has 0 saturated carbocycles. The maximum atomic E-state index is 12.4. The minimum Gasteiger partial charge on any atom is -0.370 e. The summed E-state index contributed by atoms with van der Waals surface area (Å²) < 4.78 is 37.3. The van der Waals surface area contributed by atoms with Crippen molar-refractivity contribution in [2.45, 2.75) is 20.0 Å². The van der Waals surface area contributed by atoms with Gasteiger partial charge >= 0.3 is 6.18 Å². The van der Waals surface area contributed by atoms with Gasteiger partial charge in [0.05, 0.1) is 0 Å². The van der Waals surface area contributed by atoms with Crippen LogP contribution in [0.1, 0.15) is 19.7 Å². The van der Waals surface area contributed by atoms with Crippen molar-refractivity contribution in [3.63, 3.8) is 0 Å². The van der Waals surface area contributed by atoms with E-state index in [2.05, 4.69) is 20.6 Å². The van der Waals surface area contributed by atoms with Crippen LogP contribution in [0.2, 0.25) is 0 Å². The Morgan fingerprint density at radius 3 is 1.81 bits per heavy atom. The van der Waals surface area contributed by atoms with Crippen LogP contribution in [-0.4, -0.2) is 23.1 Å². The van der Waals surface area contributed by atoms with Gasteiger partial charge in [0, 0.05) is 19.2 Å². The summed E-state index contributed by atoms with van der Waals surface area (Å²) in [6.45, 7) is 4.56. The number of aromatic nitrogens is 2. The van der Waals surface area contributed by atoms with Crippen molar-refractivity contribution in [3.8, 4) is 0 Å². The number of hydrogen-bond donors (Lipinski definition) is 2. The molecule has 7 heteroatoms. The van der Waals surface area contributed by atoms with E-state index in [9.17, 15) is 13.2 Å². The molecule has 0 atom stereocenters. The molecular weight excluding hydrogens is 221 g/mol. The summed E-state index contributed by atoms with van der Waals surface area (Å²) in [5, 5.41) is 5.46. The second-order valence-corrected chi connectivity index (χ2v) is 3.02. The van der Waals surface area contributed by atoms with Crippen LogP contribution in [0.25, 0.3) is 0 Å². The Bertz CT molecular complexity index is 327. The predicted molar refractivity (Wildman–Crippen MR) is 55.4 cm³/mol. The molecule has 1 heterocycles. The molecule has 4 nitrogen and oxygen atoms in total. The van der Waals surface area contributed by atoms with E-state index in [-0.39, 0.29) is 11.6 Å². The van der Waals surface area contributed by atoms with Crippen molar-refractivity contribution in [1.82, 2.24) is 9.97 Å². The third-order valence-electron chi connectivity index (χ3n) is 1.70. The number of anilines is 2. The van der Waals surface area contributed by atoms with Gasteiger partial charge in [0.15, 0.2) is 0 Å². The van der Waals surface area contributed by atoms with Gasteiger partial charge in [-0.15, -0.1) is 0 Å². The maximum absolute atomic E-state index is 12.4. The van der Waals surface area contributed by atoms with Gasteiger partial charge in [-0.2, -0.15) is 13.2 Å². The van der Waals surface area contributed by atoms with Crippen molar-refractivity contribution < 1.29 is 13.2 Å². The fourth-order valence-electron chi connectivity index (χ4n) is 1.12. The van der Waals surface area contributed by atoms with Crippen LogP contribution in [0.4, 0.5) is 24.8 Å². The zero-order chi connectivity index (χ0) is 12.2. The zero-order valence-electron chi connectivity index (χ0n) is 9.02. The van der Waals surface area contributed by atoms with E-state index in [1.54, 1.807) is 13.8 Å². The lowest BCUT2D eigenvalue weighted by molar-refractivity contribution is -0.144. The highest BCUT2D eigenvalue weighted by molar-refractivity contribution is 5.47. The lowest BCUT2D eigenvalue weighted by Gasteiger charge is -2.11. The first-order valence-electron chi connectivity index (χ1n) is 4.91. The Morgan fingerprint density at radius 1 is 1.06 bits per heavy atom. The van der Waals surface area contributed by atoms with Gasteiger partial charge < -0.3 is 10.6 Å². The number of nitrogens with zero attached hydrogens (tertiary/aromatic N) is 2. The highest BCUT2D eigenvalue weighted by atomic mass is 19.4. The standard InChI is InChI=1S/C9H13F3N4/c1-3-13-6-5-7(14-4-2)16-8(15-6)9(10,11)12/h5H,3-4H2,1-2H3,(H2,13,14,15,16). The monoisotopic (exact) mass is 234 g/mol. The molecular formula is C9H13F3N4. The summed E-state index contributed by atoms with van der Waals surface area (Å²) >= 11 is 0. The summed E-state index contributed by atoms with van der Waals surface area (Å²) in [4.78, 5) is 6.78. The van der Waals surface area contributed by atoms with Crippen LogP contribution in [0.3, 0.4) is 0 Å². The van der Waals surface area contributed by atoms with Crippen LogP contribution < -0.4 is 10.6 Å². The normalized spacial score (nSPS) is 11.3. The van der Waals surface area contributed by atoms with E-state index in [1.807, 2.05) is 0 Å². The lowest BCUT2D eigenvalue weighted by Crippen LogP contribution is -2.15. The molecule has 0 fully saturated rings. The first-order chi connectivity index (χ1) is 7.47. The van der Waals surface area contributed by atoms with E-state index in [0.29, 0.717) is 13.1 Å². The van der Waals surface area contributed by atoms with Crippen molar-refractivity contribution in [2.75, 3.05) is 23.7 Å². The summed E-state index contributed by atoms with van der Waals surface area (Å²) in [5.74, 6) is -0.802. The molecule has 0 aromatic carbocycles. The van der Waals surface area contributed by atoms with Gasteiger partial charge in [-0.25, -0.2) is 9.97 Å². The summed E-state index contributed by atoms with van der Waals surface area (Å²) in [5.41, 5.74) is 0. The molecule has 0 aliphatic heterocycles. The van der Waals surface area contributed by atoms with Crippen molar-refractivity contribution in [3.05, 3.63) is 11.9 Å². The summed E-state index contributed by atoms with van der Waals surface area (Å²) in [6, 6.07) is 1.45. The Morgan fingerprint density at radius 2 is 1.50 bits per heavy atom. The van der Waals surface area contributed by atoms with Gasteiger partial charge in [-0.1, -0.05) is 0 Å². The third-order valence-corrected chi connectivity index (χ3v) is 1.70. The summed E-state index contributed by atoms with van der Waals surface area (Å²) in [7, 11) is 0. The molecule has 1 aromatic heterocycles. The Labute approximate surface area is 91.3 Å². The first kappa shape index (κ1) is 12.5. The van der Waals surface area contributed by atoms with E-state index >= 15 is 0 Å². The van der Waals surface area contributed by atoms with E-state index in [4.69, 9.17) is 0 Å². The Hall–Kier alpha value is -1.53. The van der Waals surface area contributed by atoms with Crippen molar-refractivity contribution >= 4 is 11.6 Å². The molecule has 0 saturated heterocycles. The summed E-state index contributed by atoms with van der Waals surface area (Å²) in [6.07, 6.45) is -4.53. The fourth-order valence-corrected chi connectivity index (χ4v) is 1.12. The van der Waals surface area contributed by atoms with E-state index in [0.717, 1.165) is 0 Å². The fraction of sp³-hybridized carbons (Fsp3) is 0.556. The van der Waals surface area contributed by atoms with Gasteiger partial charge in [-0.3, -0.25) is 0 Å². The second kappa shape index (κ2) is 5.00. The molecule has 0 radical (unpaired) electrons. The smallest absolute Gasteiger partial charge is 0.370 e. The Kier molecular flexibility index (Phi) is 3.92. The molecule has 90 valence electrons. The topological polar surface area (TPSA) is 49.8 Å². The molecule has 16 heavy (non-hydrogen) atoms. The molecule has 2 N–H and O–H groups in total. The number of nitrogens with one attached hydrogen (secondary N) is 2. The maximum Gasteiger partial charge on any atom is 0.451 e. The quantitative estimate of drug-likeness (QED) is 0.839. The predicted octanol–water partition coefficient (Wildman–Crippen LogP) is 2.36. The zero-order valence-corrected chi connectivity index (χ0v) is 9.02. The highest BCUT2D eigenvalue weighted by Crippen LogP contribution is 2.28. The molecule has 0 unspecified atom stereocenters. The van der Waals surface area contributed by atoms with Crippen molar-refractivity contribution in [2.24, 2.45) is 0 Å². The van der Waals surface area contributed by atoms with Gasteiger partial charge in [0.25, 0.3) is 0 Å². The van der Waals surface area contributed by atoms with Crippen molar-refractivity contribution in [1.29, 1.82) is 0 Å². The highest BCUT2D eigenvalue weighted by Gasteiger charge is 2.35. The van der Waals surface area contributed by atoms with Crippen LogP contribution in [0.15, 0.2) is 6.07 Å². The van der Waals surface area contributed by atoms with Gasteiger partial charge in [0.1, 0.15) is 11.6 Å². The number of halogens is 3. The first-order valence-corrected chi connectivity index (χ1v) is 4.91. The van der Waals surface area contributed by atoms with Gasteiger partial charge in [-0.05, 0) is 13.8 Å². The molecule has 0 spiro atoms. The lowest BCUT2D eigenvalue weighted by atomic mass is 10.4. The third kappa shape index (κ3) is 3.25. The largest absolute Gasteiger partial charge is 0.451 e. The van der Waals surface area contributed by atoms with Crippen LogP contribution >= 0.6 is 0 Å². The minimum absolute atomic E-state index is 0.167. The second-order valence-electron chi connectivity index (χ2n) is 3.02. The van der Waals surface area contributed by atoms with Crippen LogP contribution in [0, 0.1) is 0 Å². The van der Waals surface area contributed by atoms with E-state index < -0.39 is 12.0 Å². The molecule has 0 bridgehead atoms. The average molecular weight is 234 g/mol. The number of alkyl halides is 3. The van der Waals surface area contributed by atoms with Crippen LogP contribution in [-0.2, 0) is 6.18 Å².